The minimum Gasteiger partial charge on any atom is -0.458 e. The molecule has 0 saturated heterocycles. The standard InChI is InChI=1S/C30H38O7/c1-19(31)28(34)15-16-30(36)27(28,3)24(37-25(33)10-9-20-7-5-4-6-8-20)18-23-26(2)13-12-22(32)17-21(26)11-14-29(23,30)35/h4-11,22-24,32,34-36H,12-18H2,1-3H3/b10-9+/t22-,23+,24?,26-,27+,28-,29-,30+/m0/s1. The molecule has 0 radical (unpaired) electrons. The molecule has 7 heteroatoms. The van der Waals surface area contributed by atoms with Gasteiger partial charge in [-0.3, -0.25) is 4.79 Å². The number of hydrogen-bond acceptors (Lipinski definition) is 7. The highest BCUT2D eigenvalue weighted by Crippen LogP contribution is 2.70. The second kappa shape index (κ2) is 8.60. The molecule has 5 rings (SSSR count). The third kappa shape index (κ3) is 3.47. The molecule has 37 heavy (non-hydrogen) atoms. The van der Waals surface area contributed by atoms with Gasteiger partial charge in [-0.15, -0.1) is 0 Å². The van der Waals surface area contributed by atoms with Crippen molar-refractivity contribution in [3.63, 3.8) is 0 Å². The molecule has 200 valence electrons. The summed E-state index contributed by atoms with van der Waals surface area (Å²) in [5, 5.41) is 46.8. The van der Waals surface area contributed by atoms with Gasteiger partial charge in [0.1, 0.15) is 22.9 Å². The van der Waals surface area contributed by atoms with Crippen LogP contribution >= 0.6 is 0 Å². The molecule has 0 bridgehead atoms. The van der Waals surface area contributed by atoms with E-state index in [1.54, 1.807) is 13.0 Å². The van der Waals surface area contributed by atoms with Crippen molar-refractivity contribution in [3.05, 3.63) is 53.6 Å². The van der Waals surface area contributed by atoms with Crippen LogP contribution in [0.1, 0.15) is 71.3 Å². The highest BCUT2D eigenvalue weighted by Gasteiger charge is 2.81. The third-order valence-electron chi connectivity index (χ3n) is 10.6. The second-order valence-electron chi connectivity index (χ2n) is 12.1. The van der Waals surface area contributed by atoms with Gasteiger partial charge in [0.05, 0.1) is 11.5 Å². The fourth-order valence-corrected chi connectivity index (χ4v) is 8.28. The first-order valence-corrected chi connectivity index (χ1v) is 13.3. The van der Waals surface area contributed by atoms with Gasteiger partial charge in [0.25, 0.3) is 0 Å². The Morgan fingerprint density at radius 1 is 1.05 bits per heavy atom. The van der Waals surface area contributed by atoms with Crippen molar-refractivity contribution in [2.75, 3.05) is 0 Å². The van der Waals surface area contributed by atoms with Crippen LogP contribution in [-0.4, -0.2) is 61.2 Å². The number of aliphatic hydroxyl groups excluding tert-OH is 1. The Bertz CT molecular complexity index is 1160. The number of carbonyl (C=O) groups is 2. The van der Waals surface area contributed by atoms with Gasteiger partial charge >= 0.3 is 5.97 Å². The number of rotatable bonds is 4. The van der Waals surface area contributed by atoms with Crippen LogP contribution in [0.4, 0.5) is 0 Å². The van der Waals surface area contributed by atoms with Crippen molar-refractivity contribution in [3.8, 4) is 0 Å². The van der Waals surface area contributed by atoms with E-state index in [0.717, 1.165) is 11.1 Å². The van der Waals surface area contributed by atoms with Crippen molar-refractivity contribution < 1.29 is 34.8 Å². The molecule has 0 spiro atoms. The van der Waals surface area contributed by atoms with E-state index < -0.39 is 57.5 Å². The number of esters is 1. The lowest BCUT2D eigenvalue weighted by Gasteiger charge is -2.67. The van der Waals surface area contributed by atoms with E-state index in [2.05, 4.69) is 0 Å². The first-order chi connectivity index (χ1) is 17.3. The van der Waals surface area contributed by atoms with E-state index in [1.165, 1.54) is 13.0 Å². The van der Waals surface area contributed by atoms with Crippen LogP contribution in [-0.2, 0) is 14.3 Å². The van der Waals surface area contributed by atoms with E-state index in [4.69, 9.17) is 4.74 Å². The zero-order valence-corrected chi connectivity index (χ0v) is 21.8. The van der Waals surface area contributed by atoms with Crippen molar-refractivity contribution in [2.45, 2.75) is 94.7 Å². The average Bonchev–Trinajstić information content (AvgIpc) is 3.10. The summed E-state index contributed by atoms with van der Waals surface area (Å²) >= 11 is 0. The van der Waals surface area contributed by atoms with Gasteiger partial charge in [0.15, 0.2) is 5.78 Å². The highest BCUT2D eigenvalue weighted by atomic mass is 16.5. The van der Waals surface area contributed by atoms with E-state index in [9.17, 15) is 30.0 Å². The number of ketones is 1. The Labute approximate surface area is 217 Å². The first-order valence-electron chi connectivity index (χ1n) is 13.3. The van der Waals surface area contributed by atoms with E-state index in [0.29, 0.717) is 19.3 Å². The topological polar surface area (TPSA) is 124 Å². The zero-order chi connectivity index (χ0) is 26.9. The fraction of sp³-hybridized carbons (Fsp3) is 0.600. The quantitative estimate of drug-likeness (QED) is 0.279. The van der Waals surface area contributed by atoms with Crippen LogP contribution in [0.5, 0.6) is 0 Å². The molecule has 3 saturated carbocycles. The molecule has 1 aromatic carbocycles. The third-order valence-corrected chi connectivity index (χ3v) is 10.6. The molecular weight excluding hydrogens is 472 g/mol. The molecule has 1 unspecified atom stereocenters. The molecule has 4 aliphatic rings. The Hall–Kier alpha value is -2.32. The largest absolute Gasteiger partial charge is 0.458 e. The van der Waals surface area contributed by atoms with E-state index in [1.807, 2.05) is 43.3 Å². The first kappa shape index (κ1) is 26.3. The maximum Gasteiger partial charge on any atom is 0.331 e. The molecule has 4 aliphatic carbocycles. The summed E-state index contributed by atoms with van der Waals surface area (Å²) in [6, 6.07) is 9.29. The normalized spacial score (nSPS) is 44.9. The lowest BCUT2D eigenvalue weighted by molar-refractivity contribution is -0.314. The van der Waals surface area contributed by atoms with E-state index in [-0.39, 0.29) is 25.7 Å². The van der Waals surface area contributed by atoms with E-state index >= 15 is 0 Å². The lowest BCUT2D eigenvalue weighted by Crippen LogP contribution is -2.78. The number of benzene rings is 1. The Morgan fingerprint density at radius 3 is 2.43 bits per heavy atom. The fourth-order valence-electron chi connectivity index (χ4n) is 8.28. The number of Topliss-reactive ketones (excluding diaryl/α,β-unsaturated/α-hetero) is 1. The molecule has 4 N–H and O–H groups in total. The molecule has 3 fully saturated rings. The monoisotopic (exact) mass is 510 g/mol. The van der Waals surface area contributed by atoms with Gasteiger partial charge in [-0.25, -0.2) is 4.79 Å². The number of carbonyl (C=O) groups excluding carboxylic acids is 2. The number of hydrogen-bond donors (Lipinski definition) is 4. The summed E-state index contributed by atoms with van der Waals surface area (Å²) in [5.74, 6) is -1.65. The Kier molecular flexibility index (Phi) is 6.11. The van der Waals surface area contributed by atoms with Crippen molar-refractivity contribution >= 4 is 17.8 Å². The molecule has 1 aromatic rings. The average molecular weight is 511 g/mol. The maximum absolute atomic E-state index is 13.1. The van der Waals surface area contributed by atoms with Crippen LogP contribution in [0.2, 0.25) is 0 Å². The van der Waals surface area contributed by atoms with Crippen LogP contribution < -0.4 is 0 Å². The van der Waals surface area contributed by atoms with Crippen LogP contribution in [0, 0.1) is 16.7 Å². The summed E-state index contributed by atoms with van der Waals surface area (Å²) in [4.78, 5) is 25.9. The lowest BCUT2D eigenvalue weighted by atomic mass is 9.42. The summed E-state index contributed by atoms with van der Waals surface area (Å²) in [7, 11) is 0. The number of fused-ring (bicyclic) bond motifs is 5. The number of ether oxygens (including phenoxy) is 1. The van der Waals surface area contributed by atoms with Gasteiger partial charge in [0, 0.05) is 12.0 Å². The molecule has 0 amide bonds. The molecule has 7 nitrogen and oxygen atoms in total. The predicted molar refractivity (Wildman–Crippen MR) is 137 cm³/mol. The number of aliphatic hydroxyl groups is 4. The summed E-state index contributed by atoms with van der Waals surface area (Å²) in [5.41, 5.74) is -5.76. The summed E-state index contributed by atoms with van der Waals surface area (Å²) in [6.07, 6.45) is 5.37. The molecule has 0 heterocycles. The van der Waals surface area contributed by atoms with Crippen LogP contribution in [0.15, 0.2) is 48.1 Å². The highest BCUT2D eigenvalue weighted by molar-refractivity contribution is 5.88. The van der Waals surface area contributed by atoms with Crippen molar-refractivity contribution in [1.29, 1.82) is 0 Å². The minimum atomic E-state index is -1.97. The van der Waals surface area contributed by atoms with Crippen LogP contribution in [0.25, 0.3) is 6.08 Å². The van der Waals surface area contributed by atoms with Gasteiger partial charge in [-0.1, -0.05) is 48.9 Å². The molecule has 0 aliphatic heterocycles. The Morgan fingerprint density at radius 2 is 1.76 bits per heavy atom. The van der Waals surface area contributed by atoms with Gasteiger partial charge < -0.3 is 25.2 Å². The summed E-state index contributed by atoms with van der Waals surface area (Å²) < 4.78 is 6.00. The molecular formula is C30H38O7. The van der Waals surface area contributed by atoms with Gasteiger partial charge in [-0.2, -0.15) is 0 Å². The second-order valence-corrected chi connectivity index (χ2v) is 12.1. The minimum absolute atomic E-state index is 0.00234. The smallest absolute Gasteiger partial charge is 0.331 e. The molecule has 8 atom stereocenters. The van der Waals surface area contributed by atoms with Crippen molar-refractivity contribution in [2.24, 2.45) is 16.7 Å². The van der Waals surface area contributed by atoms with Gasteiger partial charge in [-0.05, 0) is 75.8 Å². The maximum atomic E-state index is 13.1. The zero-order valence-electron chi connectivity index (χ0n) is 21.8. The van der Waals surface area contributed by atoms with Gasteiger partial charge in [0.2, 0.25) is 0 Å². The SMILES string of the molecule is CC(=O)[C@@]1(O)CC[C@@]2(O)[C@]1(C)C(OC(=O)/C=C/c1ccccc1)C[C@@H]1[C@@]3(C)CC[C@H](O)CC3=CC[C@]12O. The van der Waals surface area contributed by atoms with Crippen molar-refractivity contribution in [1.82, 2.24) is 0 Å². The summed E-state index contributed by atoms with van der Waals surface area (Å²) in [6.45, 7) is 4.91. The van der Waals surface area contributed by atoms with Crippen LogP contribution in [0.3, 0.4) is 0 Å². The Balaban J connectivity index is 1.58. The predicted octanol–water partition coefficient (Wildman–Crippen LogP) is 3.10. The molecule has 0 aromatic heterocycles.